The molecule has 148 valence electrons. The molecule has 0 radical (unpaired) electrons. The van der Waals surface area contributed by atoms with Crippen molar-refractivity contribution >= 4 is 23.2 Å². The molecule has 0 aliphatic carbocycles. The minimum absolute atomic E-state index is 0.0551. The van der Waals surface area contributed by atoms with Crippen LogP contribution in [0.3, 0.4) is 0 Å². The van der Waals surface area contributed by atoms with Crippen molar-refractivity contribution in [3.05, 3.63) is 48.5 Å². The molecule has 0 bridgehead atoms. The van der Waals surface area contributed by atoms with Gasteiger partial charge in [-0.3, -0.25) is 9.59 Å². The van der Waals surface area contributed by atoms with Crippen molar-refractivity contribution in [3.8, 4) is 11.5 Å². The van der Waals surface area contributed by atoms with E-state index in [0.29, 0.717) is 31.2 Å². The lowest BCUT2D eigenvalue weighted by Crippen LogP contribution is -2.28. The highest BCUT2D eigenvalue weighted by molar-refractivity contribution is 6.03. The van der Waals surface area contributed by atoms with E-state index >= 15 is 0 Å². The number of benzene rings is 2. The molecular formula is C22H26N2O4. The maximum absolute atomic E-state index is 12.7. The van der Waals surface area contributed by atoms with Crippen molar-refractivity contribution in [1.82, 2.24) is 0 Å². The number of carbonyl (C=O) groups excluding carboxylic acids is 2. The molecule has 2 aromatic carbocycles. The summed E-state index contributed by atoms with van der Waals surface area (Å²) in [4.78, 5) is 26.8. The van der Waals surface area contributed by atoms with Gasteiger partial charge in [-0.15, -0.1) is 0 Å². The van der Waals surface area contributed by atoms with Crippen LogP contribution in [0.1, 0.15) is 26.7 Å². The van der Waals surface area contributed by atoms with Crippen LogP contribution in [0.5, 0.6) is 11.5 Å². The first kappa shape index (κ1) is 19.7. The van der Waals surface area contributed by atoms with Gasteiger partial charge in [-0.2, -0.15) is 0 Å². The van der Waals surface area contributed by atoms with Gasteiger partial charge in [0.15, 0.2) is 0 Å². The summed E-state index contributed by atoms with van der Waals surface area (Å²) in [7, 11) is 0. The third-order valence-electron chi connectivity index (χ3n) is 4.56. The second-order valence-corrected chi connectivity index (χ2v) is 6.67. The third-order valence-corrected chi connectivity index (χ3v) is 4.56. The predicted molar refractivity (Wildman–Crippen MR) is 109 cm³/mol. The van der Waals surface area contributed by atoms with Crippen LogP contribution in [0.15, 0.2) is 48.5 Å². The largest absolute Gasteiger partial charge is 0.494 e. The molecule has 0 unspecified atom stereocenters. The quantitative estimate of drug-likeness (QED) is 0.753. The highest BCUT2D eigenvalue weighted by Gasteiger charge is 2.35. The fraction of sp³-hybridized carbons (Fsp3) is 0.364. The number of amides is 2. The van der Waals surface area contributed by atoms with E-state index in [4.69, 9.17) is 9.47 Å². The Labute approximate surface area is 165 Å². The number of para-hydroxylation sites is 2. The molecule has 6 heteroatoms. The molecule has 2 amide bonds. The van der Waals surface area contributed by atoms with Gasteiger partial charge in [0.25, 0.3) is 0 Å². The van der Waals surface area contributed by atoms with Crippen molar-refractivity contribution in [2.45, 2.75) is 26.7 Å². The summed E-state index contributed by atoms with van der Waals surface area (Å²) >= 11 is 0. The van der Waals surface area contributed by atoms with Crippen molar-refractivity contribution in [2.24, 2.45) is 5.92 Å². The number of hydrogen-bond donors (Lipinski definition) is 1. The van der Waals surface area contributed by atoms with Crippen LogP contribution >= 0.6 is 0 Å². The molecule has 0 saturated carbocycles. The Hall–Kier alpha value is -3.02. The van der Waals surface area contributed by atoms with Gasteiger partial charge >= 0.3 is 0 Å². The molecule has 6 nitrogen and oxygen atoms in total. The Bertz CT molecular complexity index is 820. The van der Waals surface area contributed by atoms with Crippen molar-refractivity contribution < 1.29 is 19.1 Å². The fourth-order valence-electron chi connectivity index (χ4n) is 3.16. The number of nitrogens with one attached hydrogen (secondary N) is 1. The van der Waals surface area contributed by atoms with Gasteiger partial charge in [-0.05, 0) is 49.7 Å². The Morgan fingerprint density at radius 1 is 1.11 bits per heavy atom. The Balaban J connectivity index is 1.64. The standard InChI is InChI=1S/C22H26N2O4/c1-3-13-28-18-11-9-17(10-12-18)24-15-16(14-21(24)25)22(26)23-19-7-5-6-8-20(19)27-4-2/h5-12,16H,3-4,13-15H2,1-2H3,(H,23,26)/t16-/m0/s1. The van der Waals surface area contributed by atoms with Crippen LogP contribution < -0.4 is 19.7 Å². The molecule has 0 spiro atoms. The molecule has 1 saturated heterocycles. The lowest BCUT2D eigenvalue weighted by molar-refractivity contribution is -0.122. The molecule has 3 rings (SSSR count). The number of carbonyl (C=O) groups is 2. The number of nitrogens with zero attached hydrogens (tertiary/aromatic N) is 1. The molecular weight excluding hydrogens is 356 g/mol. The lowest BCUT2D eigenvalue weighted by Gasteiger charge is -2.18. The van der Waals surface area contributed by atoms with Crippen molar-refractivity contribution in [2.75, 3.05) is 30.0 Å². The molecule has 1 heterocycles. The topological polar surface area (TPSA) is 67.9 Å². The van der Waals surface area contributed by atoms with E-state index in [0.717, 1.165) is 17.9 Å². The van der Waals surface area contributed by atoms with E-state index in [9.17, 15) is 9.59 Å². The van der Waals surface area contributed by atoms with Gasteiger partial charge in [-0.25, -0.2) is 0 Å². The summed E-state index contributed by atoms with van der Waals surface area (Å²) < 4.78 is 11.1. The normalized spacial score (nSPS) is 16.1. The first-order valence-electron chi connectivity index (χ1n) is 9.68. The van der Waals surface area contributed by atoms with Crippen LogP contribution in [0.4, 0.5) is 11.4 Å². The summed E-state index contributed by atoms with van der Waals surface area (Å²) in [6.45, 7) is 5.48. The zero-order valence-corrected chi connectivity index (χ0v) is 16.3. The van der Waals surface area contributed by atoms with Crippen LogP contribution in [-0.4, -0.2) is 31.6 Å². The Morgan fingerprint density at radius 3 is 2.57 bits per heavy atom. The first-order valence-corrected chi connectivity index (χ1v) is 9.68. The number of anilines is 2. The van der Waals surface area contributed by atoms with Crippen LogP contribution in [0.25, 0.3) is 0 Å². The van der Waals surface area contributed by atoms with Gasteiger partial charge in [0.05, 0.1) is 24.8 Å². The van der Waals surface area contributed by atoms with Crippen molar-refractivity contribution in [1.29, 1.82) is 0 Å². The number of hydrogen-bond acceptors (Lipinski definition) is 4. The van der Waals surface area contributed by atoms with Crippen molar-refractivity contribution in [3.63, 3.8) is 0 Å². The molecule has 0 aromatic heterocycles. The first-order chi connectivity index (χ1) is 13.6. The highest BCUT2D eigenvalue weighted by Crippen LogP contribution is 2.29. The minimum atomic E-state index is -0.404. The second kappa shape index (κ2) is 9.26. The van der Waals surface area contributed by atoms with Gasteiger partial charge in [0.1, 0.15) is 11.5 Å². The van der Waals surface area contributed by atoms with Crippen LogP contribution in [0.2, 0.25) is 0 Å². The molecule has 2 aromatic rings. The van der Waals surface area contributed by atoms with E-state index in [1.807, 2.05) is 49.4 Å². The summed E-state index contributed by atoms with van der Waals surface area (Å²) in [6, 6.07) is 14.7. The van der Waals surface area contributed by atoms with Gasteiger partial charge < -0.3 is 19.7 Å². The maximum Gasteiger partial charge on any atom is 0.229 e. The average molecular weight is 382 g/mol. The summed E-state index contributed by atoms with van der Waals surface area (Å²) in [5.74, 6) is 0.769. The summed E-state index contributed by atoms with van der Waals surface area (Å²) in [6.07, 6.45) is 1.13. The average Bonchev–Trinajstić information content (AvgIpc) is 3.10. The highest BCUT2D eigenvalue weighted by atomic mass is 16.5. The van der Waals surface area contributed by atoms with E-state index in [1.165, 1.54) is 0 Å². The predicted octanol–water partition coefficient (Wildman–Crippen LogP) is 3.87. The van der Waals surface area contributed by atoms with E-state index < -0.39 is 5.92 Å². The SMILES string of the molecule is CCCOc1ccc(N2C[C@@H](C(=O)Nc3ccccc3OCC)CC2=O)cc1. The summed E-state index contributed by atoms with van der Waals surface area (Å²) in [5.41, 5.74) is 1.40. The van der Waals surface area contributed by atoms with E-state index in [-0.39, 0.29) is 18.2 Å². The Morgan fingerprint density at radius 2 is 1.86 bits per heavy atom. The number of rotatable bonds is 8. The number of ether oxygens (including phenoxy) is 2. The van der Waals surface area contributed by atoms with Gasteiger partial charge in [0, 0.05) is 18.7 Å². The molecule has 1 aliphatic heterocycles. The lowest BCUT2D eigenvalue weighted by atomic mass is 10.1. The van der Waals surface area contributed by atoms with Crippen LogP contribution in [0, 0.1) is 5.92 Å². The second-order valence-electron chi connectivity index (χ2n) is 6.67. The van der Waals surface area contributed by atoms with E-state index in [2.05, 4.69) is 12.2 Å². The molecule has 1 N–H and O–H groups in total. The molecule has 1 atom stereocenters. The molecule has 1 fully saturated rings. The maximum atomic E-state index is 12.7. The molecule has 28 heavy (non-hydrogen) atoms. The third kappa shape index (κ3) is 4.63. The van der Waals surface area contributed by atoms with Crippen LogP contribution in [-0.2, 0) is 9.59 Å². The summed E-state index contributed by atoms with van der Waals surface area (Å²) in [5, 5.41) is 2.90. The van der Waals surface area contributed by atoms with Gasteiger partial charge in [-0.1, -0.05) is 19.1 Å². The fourth-order valence-corrected chi connectivity index (χ4v) is 3.16. The monoisotopic (exact) mass is 382 g/mol. The molecule has 1 aliphatic rings. The zero-order chi connectivity index (χ0) is 19.9. The van der Waals surface area contributed by atoms with E-state index in [1.54, 1.807) is 11.0 Å². The zero-order valence-electron chi connectivity index (χ0n) is 16.3. The minimum Gasteiger partial charge on any atom is -0.494 e. The Kier molecular flexibility index (Phi) is 6.53. The smallest absolute Gasteiger partial charge is 0.229 e. The van der Waals surface area contributed by atoms with Gasteiger partial charge in [0.2, 0.25) is 11.8 Å².